The zero-order chi connectivity index (χ0) is 13.4. The summed E-state index contributed by atoms with van der Waals surface area (Å²) in [6.07, 6.45) is 1.82. The number of anilines is 1. The summed E-state index contributed by atoms with van der Waals surface area (Å²) in [5.74, 6) is 0. The molecular weight excluding hydrogens is 254 g/mol. The van der Waals surface area contributed by atoms with E-state index in [9.17, 15) is 0 Å². The molecule has 104 valence electrons. The van der Waals surface area contributed by atoms with Gasteiger partial charge in [-0.1, -0.05) is 5.21 Å². The van der Waals surface area contributed by atoms with E-state index >= 15 is 0 Å². The molecule has 4 rings (SSSR count). The van der Waals surface area contributed by atoms with Crippen LogP contribution in [0.1, 0.15) is 11.3 Å². The lowest BCUT2D eigenvalue weighted by atomic mass is 10.1. The van der Waals surface area contributed by atoms with Gasteiger partial charge in [-0.05, 0) is 23.8 Å². The molecule has 20 heavy (non-hydrogen) atoms. The molecule has 1 aromatic carbocycles. The zero-order valence-electron chi connectivity index (χ0n) is 11.2. The molecule has 1 saturated heterocycles. The molecule has 0 saturated carbocycles. The smallest absolute Gasteiger partial charge is 0.0783 e. The van der Waals surface area contributed by atoms with Gasteiger partial charge in [-0.2, -0.15) is 0 Å². The van der Waals surface area contributed by atoms with Gasteiger partial charge < -0.3 is 15.0 Å². The Morgan fingerprint density at radius 3 is 2.95 bits per heavy atom. The van der Waals surface area contributed by atoms with E-state index in [0.29, 0.717) is 0 Å². The number of benzene rings is 1. The van der Waals surface area contributed by atoms with E-state index in [4.69, 9.17) is 4.74 Å². The quantitative estimate of drug-likeness (QED) is 0.828. The van der Waals surface area contributed by atoms with Gasteiger partial charge in [0.25, 0.3) is 0 Å². The van der Waals surface area contributed by atoms with Gasteiger partial charge in [-0.15, -0.1) is 5.10 Å². The lowest BCUT2D eigenvalue weighted by Gasteiger charge is -2.29. The number of ether oxygens (including phenoxy) is 1. The second-order valence-electron chi connectivity index (χ2n) is 5.15. The monoisotopic (exact) mass is 271 g/mol. The topological polar surface area (TPSA) is 55.2 Å². The highest BCUT2D eigenvalue weighted by Crippen LogP contribution is 2.25. The Kier molecular flexibility index (Phi) is 2.90. The van der Waals surface area contributed by atoms with E-state index in [-0.39, 0.29) is 0 Å². The Balaban J connectivity index is 1.73. The molecule has 1 aromatic heterocycles. The normalized spacial score (nSPS) is 18.3. The van der Waals surface area contributed by atoms with Crippen LogP contribution in [0, 0.1) is 0 Å². The predicted octanol–water partition coefficient (Wildman–Crippen LogP) is 0.707. The van der Waals surface area contributed by atoms with Gasteiger partial charge in [0.2, 0.25) is 0 Å². The fourth-order valence-corrected chi connectivity index (χ4v) is 2.84. The summed E-state index contributed by atoms with van der Waals surface area (Å²) in [6, 6.07) is 6.57. The SMILES string of the molecule is c1cc2c(cc1N1CCOCC1)CNCc1cnnn1-2. The molecule has 2 aromatic rings. The molecule has 3 heterocycles. The van der Waals surface area contributed by atoms with Gasteiger partial charge in [0.1, 0.15) is 0 Å². The summed E-state index contributed by atoms with van der Waals surface area (Å²) in [7, 11) is 0. The van der Waals surface area contributed by atoms with Gasteiger partial charge in [0.15, 0.2) is 0 Å². The summed E-state index contributed by atoms with van der Waals surface area (Å²) in [4.78, 5) is 2.37. The maximum Gasteiger partial charge on any atom is 0.0783 e. The molecule has 2 aliphatic heterocycles. The highest BCUT2D eigenvalue weighted by Gasteiger charge is 2.17. The van der Waals surface area contributed by atoms with Crippen molar-refractivity contribution in [3.8, 4) is 5.69 Å². The molecule has 1 fully saturated rings. The Morgan fingerprint density at radius 1 is 1.15 bits per heavy atom. The van der Waals surface area contributed by atoms with Crippen LogP contribution in [-0.2, 0) is 17.8 Å². The van der Waals surface area contributed by atoms with Gasteiger partial charge in [-0.3, -0.25) is 0 Å². The number of rotatable bonds is 1. The van der Waals surface area contributed by atoms with E-state index < -0.39 is 0 Å². The first kappa shape index (κ1) is 11.9. The molecular formula is C14H17N5O. The molecule has 2 aliphatic rings. The highest BCUT2D eigenvalue weighted by atomic mass is 16.5. The third-order valence-corrected chi connectivity index (χ3v) is 3.91. The van der Waals surface area contributed by atoms with Crippen molar-refractivity contribution in [2.45, 2.75) is 13.1 Å². The van der Waals surface area contributed by atoms with E-state index in [1.807, 2.05) is 10.9 Å². The fourth-order valence-electron chi connectivity index (χ4n) is 2.84. The summed E-state index contributed by atoms with van der Waals surface area (Å²) >= 11 is 0. The van der Waals surface area contributed by atoms with Gasteiger partial charge in [0.05, 0.1) is 30.8 Å². The van der Waals surface area contributed by atoms with Crippen LogP contribution in [0.4, 0.5) is 5.69 Å². The van der Waals surface area contributed by atoms with Crippen molar-refractivity contribution >= 4 is 5.69 Å². The molecule has 0 spiro atoms. The molecule has 0 amide bonds. The molecule has 0 radical (unpaired) electrons. The van der Waals surface area contributed by atoms with Crippen molar-refractivity contribution < 1.29 is 4.74 Å². The van der Waals surface area contributed by atoms with Crippen LogP contribution < -0.4 is 10.2 Å². The Morgan fingerprint density at radius 2 is 2.05 bits per heavy atom. The van der Waals surface area contributed by atoms with Crippen LogP contribution in [-0.4, -0.2) is 41.3 Å². The number of hydrogen-bond donors (Lipinski definition) is 1. The second kappa shape index (κ2) is 4.88. The highest BCUT2D eigenvalue weighted by molar-refractivity contribution is 5.56. The lowest BCUT2D eigenvalue weighted by Crippen LogP contribution is -2.36. The van der Waals surface area contributed by atoms with Crippen molar-refractivity contribution in [2.75, 3.05) is 31.2 Å². The van der Waals surface area contributed by atoms with Crippen LogP contribution in [0.2, 0.25) is 0 Å². The minimum Gasteiger partial charge on any atom is -0.378 e. The van der Waals surface area contributed by atoms with Crippen molar-refractivity contribution in [1.29, 1.82) is 0 Å². The zero-order valence-corrected chi connectivity index (χ0v) is 11.2. The van der Waals surface area contributed by atoms with Crippen LogP contribution in [0.25, 0.3) is 5.69 Å². The van der Waals surface area contributed by atoms with Crippen LogP contribution >= 0.6 is 0 Å². The standard InChI is InChI=1S/C14H17N5O/c1-2-14-11(7-12(1)18-3-5-20-6-4-18)8-15-9-13-10-16-17-19(13)14/h1-2,7,10,15H,3-6,8-9H2. The van der Waals surface area contributed by atoms with Crippen molar-refractivity contribution in [1.82, 2.24) is 20.3 Å². The Hall–Kier alpha value is -1.92. The number of hydrogen-bond acceptors (Lipinski definition) is 5. The average molecular weight is 271 g/mol. The van der Waals surface area contributed by atoms with Crippen molar-refractivity contribution in [3.63, 3.8) is 0 Å². The van der Waals surface area contributed by atoms with Gasteiger partial charge in [-0.25, -0.2) is 4.68 Å². The first-order valence-electron chi connectivity index (χ1n) is 6.98. The molecule has 0 aliphatic carbocycles. The maximum absolute atomic E-state index is 5.41. The third-order valence-electron chi connectivity index (χ3n) is 3.91. The molecule has 6 heteroatoms. The minimum absolute atomic E-state index is 0.800. The Labute approximate surface area is 117 Å². The molecule has 1 N–H and O–H groups in total. The van der Waals surface area contributed by atoms with Crippen LogP contribution in [0.15, 0.2) is 24.4 Å². The second-order valence-corrected chi connectivity index (χ2v) is 5.15. The summed E-state index contributed by atoms with van der Waals surface area (Å²) in [6.45, 7) is 5.19. The number of nitrogens with one attached hydrogen (secondary N) is 1. The molecule has 0 atom stereocenters. The Bertz CT molecular complexity index is 618. The van der Waals surface area contributed by atoms with E-state index in [1.165, 1.54) is 11.3 Å². The van der Waals surface area contributed by atoms with Gasteiger partial charge in [0, 0.05) is 31.9 Å². The number of aromatic nitrogens is 3. The van der Waals surface area contributed by atoms with E-state index in [0.717, 1.165) is 50.8 Å². The van der Waals surface area contributed by atoms with Gasteiger partial charge >= 0.3 is 0 Å². The molecule has 0 bridgehead atoms. The number of fused-ring (bicyclic) bond motifs is 3. The van der Waals surface area contributed by atoms with E-state index in [1.54, 1.807) is 0 Å². The summed E-state index contributed by atoms with van der Waals surface area (Å²) in [5.41, 5.74) is 4.75. The molecule has 0 unspecified atom stereocenters. The van der Waals surface area contributed by atoms with Crippen LogP contribution in [0.3, 0.4) is 0 Å². The molecule has 6 nitrogen and oxygen atoms in total. The van der Waals surface area contributed by atoms with Crippen molar-refractivity contribution in [2.24, 2.45) is 0 Å². The number of nitrogens with zero attached hydrogens (tertiary/aromatic N) is 4. The summed E-state index contributed by atoms with van der Waals surface area (Å²) in [5, 5.41) is 11.6. The lowest BCUT2D eigenvalue weighted by molar-refractivity contribution is 0.122. The summed E-state index contributed by atoms with van der Waals surface area (Å²) < 4.78 is 7.34. The third kappa shape index (κ3) is 1.97. The van der Waals surface area contributed by atoms with Crippen LogP contribution in [0.5, 0.6) is 0 Å². The van der Waals surface area contributed by atoms with E-state index in [2.05, 4.69) is 38.7 Å². The first-order chi connectivity index (χ1) is 9.92. The first-order valence-corrected chi connectivity index (χ1v) is 6.98. The number of morpholine rings is 1. The average Bonchev–Trinajstić information content (AvgIpc) is 2.90. The fraction of sp³-hybridized carbons (Fsp3) is 0.429. The minimum atomic E-state index is 0.800. The maximum atomic E-state index is 5.41. The van der Waals surface area contributed by atoms with Crippen molar-refractivity contribution in [3.05, 3.63) is 35.7 Å². The largest absolute Gasteiger partial charge is 0.378 e. The predicted molar refractivity (Wildman–Crippen MR) is 74.9 cm³/mol.